The topological polar surface area (TPSA) is 51.3 Å². The summed E-state index contributed by atoms with van der Waals surface area (Å²) in [6.45, 7) is 10.7. The summed E-state index contributed by atoms with van der Waals surface area (Å²) in [4.78, 5) is 8.86. The fraction of sp³-hybridized carbons (Fsp3) is 0.600. The van der Waals surface area contributed by atoms with Crippen LogP contribution in [-0.2, 0) is 0 Å². The largest absolute Gasteiger partial charge is 0.383 e. The lowest BCUT2D eigenvalue weighted by atomic mass is 9.87. The van der Waals surface area contributed by atoms with Crippen LogP contribution in [0.2, 0.25) is 5.02 Å². The SMILES string of the molecule is CCC(C(C)C)C(C)N=c1cc(C)c(N)ncc1Cl. The summed E-state index contributed by atoms with van der Waals surface area (Å²) in [5, 5.41) is 1.32. The van der Waals surface area contributed by atoms with Gasteiger partial charge in [0, 0.05) is 0 Å². The minimum Gasteiger partial charge on any atom is -0.383 e. The summed E-state index contributed by atoms with van der Waals surface area (Å²) in [5.41, 5.74) is 6.69. The quantitative estimate of drug-likeness (QED) is 0.917. The van der Waals surface area contributed by atoms with Crippen molar-refractivity contribution in [2.75, 3.05) is 5.73 Å². The minimum atomic E-state index is 0.227. The van der Waals surface area contributed by atoms with E-state index >= 15 is 0 Å². The zero-order valence-electron chi connectivity index (χ0n) is 12.4. The maximum atomic E-state index is 6.21. The van der Waals surface area contributed by atoms with E-state index in [0.717, 1.165) is 17.3 Å². The van der Waals surface area contributed by atoms with Crippen LogP contribution in [0.15, 0.2) is 17.3 Å². The van der Waals surface area contributed by atoms with E-state index in [-0.39, 0.29) is 6.04 Å². The summed E-state index contributed by atoms with van der Waals surface area (Å²) < 4.78 is 0. The molecule has 0 saturated carbocycles. The molecule has 0 saturated heterocycles. The Balaban J connectivity index is 3.26. The van der Waals surface area contributed by atoms with E-state index in [4.69, 9.17) is 22.3 Å². The van der Waals surface area contributed by atoms with Gasteiger partial charge in [0.2, 0.25) is 0 Å². The van der Waals surface area contributed by atoms with Gasteiger partial charge in [-0.15, -0.1) is 0 Å². The van der Waals surface area contributed by atoms with Gasteiger partial charge in [-0.25, -0.2) is 4.98 Å². The highest BCUT2D eigenvalue weighted by Crippen LogP contribution is 2.21. The van der Waals surface area contributed by atoms with Gasteiger partial charge in [-0.3, -0.25) is 4.99 Å². The number of nitrogen functional groups attached to an aromatic ring is 1. The first-order valence-corrected chi connectivity index (χ1v) is 7.20. The maximum absolute atomic E-state index is 6.21. The van der Waals surface area contributed by atoms with Gasteiger partial charge < -0.3 is 5.73 Å². The molecule has 0 aliphatic carbocycles. The van der Waals surface area contributed by atoms with Gasteiger partial charge in [0.15, 0.2) is 0 Å². The highest BCUT2D eigenvalue weighted by atomic mass is 35.5. The molecule has 106 valence electrons. The van der Waals surface area contributed by atoms with E-state index in [0.29, 0.717) is 22.7 Å². The Labute approximate surface area is 120 Å². The summed E-state index contributed by atoms with van der Waals surface area (Å²) >= 11 is 6.21. The van der Waals surface area contributed by atoms with Gasteiger partial charge in [-0.1, -0.05) is 38.8 Å². The third-order valence-electron chi connectivity index (χ3n) is 3.61. The molecule has 0 radical (unpaired) electrons. The molecule has 3 nitrogen and oxygen atoms in total. The molecule has 1 aromatic rings. The number of nitrogens with two attached hydrogens (primary N) is 1. The van der Waals surface area contributed by atoms with Gasteiger partial charge in [-0.2, -0.15) is 0 Å². The number of aryl methyl sites for hydroxylation is 1. The highest BCUT2D eigenvalue weighted by Gasteiger charge is 2.18. The maximum Gasteiger partial charge on any atom is 0.126 e. The van der Waals surface area contributed by atoms with Crippen molar-refractivity contribution in [2.24, 2.45) is 16.8 Å². The Morgan fingerprint density at radius 3 is 2.53 bits per heavy atom. The van der Waals surface area contributed by atoms with Crippen molar-refractivity contribution < 1.29 is 0 Å². The van der Waals surface area contributed by atoms with Crippen LogP contribution in [0.4, 0.5) is 5.82 Å². The Hall–Kier alpha value is -1.09. The Morgan fingerprint density at radius 1 is 1.37 bits per heavy atom. The standard InChI is InChI=1S/C15H24ClN3/c1-6-12(9(2)3)11(5)19-14-7-10(4)15(17)18-8-13(14)16/h7-9,11-12H,6H2,1-5H3,(H2,17,18). The molecule has 2 unspecified atom stereocenters. The molecular formula is C15H24ClN3. The number of nitrogens with zero attached hydrogens (tertiary/aromatic N) is 2. The molecule has 0 amide bonds. The van der Waals surface area contributed by atoms with Crippen LogP contribution in [-0.4, -0.2) is 11.0 Å². The van der Waals surface area contributed by atoms with E-state index in [2.05, 4.69) is 32.7 Å². The van der Waals surface area contributed by atoms with Gasteiger partial charge in [-0.05, 0) is 37.3 Å². The molecule has 0 bridgehead atoms. The van der Waals surface area contributed by atoms with E-state index in [9.17, 15) is 0 Å². The first kappa shape index (κ1) is 16.0. The molecule has 0 aliphatic rings. The molecule has 19 heavy (non-hydrogen) atoms. The third kappa shape index (κ3) is 4.20. The van der Waals surface area contributed by atoms with Gasteiger partial charge in [0.25, 0.3) is 0 Å². The molecule has 1 heterocycles. The molecule has 4 heteroatoms. The number of hydrogen-bond donors (Lipinski definition) is 1. The van der Waals surface area contributed by atoms with Gasteiger partial charge in [0.1, 0.15) is 5.82 Å². The first-order chi connectivity index (χ1) is 8.86. The summed E-state index contributed by atoms with van der Waals surface area (Å²) in [7, 11) is 0. The van der Waals surface area contributed by atoms with Crippen LogP contribution in [0.5, 0.6) is 0 Å². The van der Waals surface area contributed by atoms with Crippen molar-refractivity contribution >= 4 is 17.4 Å². The zero-order chi connectivity index (χ0) is 14.6. The van der Waals surface area contributed by atoms with Crippen LogP contribution in [0.1, 0.15) is 39.7 Å². The molecule has 1 rings (SSSR count). The average Bonchev–Trinajstić information content (AvgIpc) is 2.44. The predicted octanol–water partition coefficient (Wildman–Crippen LogP) is 3.60. The number of anilines is 1. The van der Waals surface area contributed by atoms with Crippen LogP contribution in [0.3, 0.4) is 0 Å². The van der Waals surface area contributed by atoms with Crippen molar-refractivity contribution in [3.63, 3.8) is 0 Å². The fourth-order valence-corrected chi connectivity index (χ4v) is 2.58. The second kappa shape index (κ2) is 6.90. The Bertz CT molecular complexity index is 497. The minimum absolute atomic E-state index is 0.227. The Morgan fingerprint density at radius 2 is 2.00 bits per heavy atom. The van der Waals surface area contributed by atoms with Gasteiger partial charge in [0.05, 0.1) is 22.6 Å². The number of rotatable bonds is 4. The molecule has 2 atom stereocenters. The molecule has 0 aliphatic heterocycles. The van der Waals surface area contributed by atoms with Crippen LogP contribution < -0.4 is 11.1 Å². The van der Waals surface area contributed by atoms with Crippen molar-refractivity contribution in [1.29, 1.82) is 0 Å². The number of aromatic nitrogens is 1. The van der Waals surface area contributed by atoms with E-state index in [1.54, 1.807) is 6.20 Å². The molecule has 1 aromatic heterocycles. The lowest BCUT2D eigenvalue weighted by Gasteiger charge is -2.23. The lowest BCUT2D eigenvalue weighted by molar-refractivity contribution is 0.320. The smallest absolute Gasteiger partial charge is 0.126 e. The molecule has 0 spiro atoms. The van der Waals surface area contributed by atoms with Crippen LogP contribution in [0.25, 0.3) is 0 Å². The monoisotopic (exact) mass is 281 g/mol. The fourth-order valence-electron chi connectivity index (χ4n) is 2.43. The van der Waals surface area contributed by atoms with E-state index in [1.807, 2.05) is 13.0 Å². The van der Waals surface area contributed by atoms with Crippen molar-refractivity contribution in [1.82, 2.24) is 4.98 Å². The molecule has 2 N–H and O–H groups in total. The third-order valence-corrected chi connectivity index (χ3v) is 3.90. The second-order valence-electron chi connectivity index (χ2n) is 5.39. The summed E-state index contributed by atoms with van der Waals surface area (Å²) in [6.07, 6.45) is 2.68. The summed E-state index contributed by atoms with van der Waals surface area (Å²) in [6, 6.07) is 2.14. The van der Waals surface area contributed by atoms with Gasteiger partial charge >= 0.3 is 0 Å². The van der Waals surface area contributed by atoms with Crippen molar-refractivity contribution in [2.45, 2.75) is 47.1 Å². The summed E-state index contributed by atoms with van der Waals surface area (Å²) in [5.74, 6) is 1.64. The van der Waals surface area contributed by atoms with E-state index in [1.165, 1.54) is 0 Å². The highest BCUT2D eigenvalue weighted by molar-refractivity contribution is 6.30. The molecular weight excluding hydrogens is 258 g/mol. The Kier molecular flexibility index (Phi) is 5.80. The van der Waals surface area contributed by atoms with E-state index < -0.39 is 0 Å². The van der Waals surface area contributed by atoms with Crippen molar-refractivity contribution in [3.8, 4) is 0 Å². The first-order valence-electron chi connectivity index (χ1n) is 6.82. The zero-order valence-corrected chi connectivity index (χ0v) is 13.2. The average molecular weight is 282 g/mol. The number of hydrogen-bond acceptors (Lipinski definition) is 3. The van der Waals surface area contributed by atoms with Crippen LogP contribution in [0, 0.1) is 18.8 Å². The second-order valence-corrected chi connectivity index (χ2v) is 5.80. The normalized spacial score (nSPS) is 15.6. The van der Waals surface area contributed by atoms with Crippen molar-refractivity contribution in [3.05, 3.63) is 28.2 Å². The molecule has 0 fully saturated rings. The molecule has 0 aromatic carbocycles. The van der Waals surface area contributed by atoms with Crippen LogP contribution >= 0.6 is 11.6 Å². The lowest BCUT2D eigenvalue weighted by Crippen LogP contribution is -2.22. The number of halogens is 1. The predicted molar refractivity (Wildman–Crippen MR) is 82.0 cm³/mol.